The smallest absolute Gasteiger partial charge is 0.264 e. The number of fused-ring (bicyclic) bond motifs is 1. The predicted octanol–water partition coefficient (Wildman–Crippen LogP) is 5.23. The maximum atomic E-state index is 13.5. The molecule has 7 heteroatoms. The van der Waals surface area contributed by atoms with Crippen molar-refractivity contribution in [3.63, 3.8) is 0 Å². The van der Waals surface area contributed by atoms with E-state index in [1.807, 2.05) is 30.3 Å². The molecule has 3 aromatic rings. The molecule has 0 aromatic heterocycles. The Bertz CT molecular complexity index is 1180. The van der Waals surface area contributed by atoms with E-state index in [1.54, 1.807) is 36.4 Å². The third-order valence-electron chi connectivity index (χ3n) is 5.40. The first kappa shape index (κ1) is 21.7. The van der Waals surface area contributed by atoms with E-state index in [0.29, 0.717) is 27.0 Å². The van der Waals surface area contributed by atoms with Gasteiger partial charge in [-0.05, 0) is 42.0 Å². The summed E-state index contributed by atoms with van der Waals surface area (Å²) in [6.45, 7) is 0.264. The molecular weight excluding hydrogens is 526 g/mol. The predicted molar refractivity (Wildman–Crippen MR) is 125 cm³/mol. The number of carbonyl (C=O) groups is 2. The minimum Gasteiger partial charge on any atom is -0.496 e. The number of ketones is 1. The number of ether oxygens (including phenoxy) is 1. The van der Waals surface area contributed by atoms with Crippen LogP contribution in [0, 0.1) is 0 Å². The Labute approximate surface area is 196 Å². The molecule has 0 saturated carbocycles. The van der Waals surface area contributed by atoms with Crippen molar-refractivity contribution >= 4 is 49.2 Å². The molecule has 158 valence electrons. The summed E-state index contributed by atoms with van der Waals surface area (Å²) in [5.41, 5.74) is 0.233. The van der Waals surface area contributed by atoms with Gasteiger partial charge in [0.25, 0.3) is 5.91 Å². The maximum absolute atomic E-state index is 13.5. The highest BCUT2D eigenvalue weighted by atomic mass is 79.9. The molecular formula is C24H19Br2NO4. The molecule has 3 aromatic carbocycles. The quantitative estimate of drug-likeness (QED) is 0.432. The van der Waals surface area contributed by atoms with E-state index < -0.39 is 11.5 Å². The van der Waals surface area contributed by atoms with Gasteiger partial charge in [-0.3, -0.25) is 9.59 Å². The van der Waals surface area contributed by atoms with Crippen molar-refractivity contribution in [3.05, 3.63) is 92.4 Å². The lowest BCUT2D eigenvalue weighted by atomic mass is 9.88. The van der Waals surface area contributed by atoms with Gasteiger partial charge in [-0.15, -0.1) is 0 Å². The summed E-state index contributed by atoms with van der Waals surface area (Å²) in [6, 6.07) is 19.7. The van der Waals surface area contributed by atoms with E-state index in [-0.39, 0.29) is 18.7 Å². The molecule has 1 aliphatic rings. The van der Waals surface area contributed by atoms with Crippen LogP contribution in [0.2, 0.25) is 0 Å². The van der Waals surface area contributed by atoms with E-state index >= 15 is 0 Å². The number of benzene rings is 3. The Morgan fingerprint density at radius 3 is 2.52 bits per heavy atom. The fourth-order valence-corrected chi connectivity index (χ4v) is 4.62. The fraction of sp³-hybridized carbons (Fsp3) is 0.167. The molecule has 0 aliphatic carbocycles. The number of amides is 1. The first-order valence-corrected chi connectivity index (χ1v) is 11.2. The van der Waals surface area contributed by atoms with Gasteiger partial charge in [0.15, 0.2) is 11.4 Å². The van der Waals surface area contributed by atoms with Gasteiger partial charge < -0.3 is 14.7 Å². The minimum atomic E-state index is -1.97. The number of carbonyl (C=O) groups excluding carboxylic acids is 2. The van der Waals surface area contributed by atoms with Crippen LogP contribution >= 0.6 is 31.9 Å². The molecule has 0 radical (unpaired) electrons. The van der Waals surface area contributed by atoms with E-state index in [4.69, 9.17) is 4.74 Å². The summed E-state index contributed by atoms with van der Waals surface area (Å²) < 4.78 is 6.86. The monoisotopic (exact) mass is 543 g/mol. The largest absolute Gasteiger partial charge is 0.496 e. The van der Waals surface area contributed by atoms with Crippen molar-refractivity contribution in [2.75, 3.05) is 12.0 Å². The zero-order valence-electron chi connectivity index (χ0n) is 16.6. The zero-order chi connectivity index (χ0) is 22.2. The van der Waals surface area contributed by atoms with Crippen LogP contribution in [-0.2, 0) is 16.9 Å². The van der Waals surface area contributed by atoms with E-state index in [0.717, 1.165) is 10.0 Å². The van der Waals surface area contributed by atoms with Crippen molar-refractivity contribution in [1.82, 2.24) is 0 Å². The number of para-hydroxylation sites is 1. The van der Waals surface area contributed by atoms with Crippen molar-refractivity contribution in [3.8, 4) is 5.75 Å². The molecule has 0 fully saturated rings. The number of hydrogen-bond acceptors (Lipinski definition) is 4. The van der Waals surface area contributed by atoms with Gasteiger partial charge in [-0.25, -0.2) is 0 Å². The Morgan fingerprint density at radius 2 is 1.77 bits per heavy atom. The van der Waals surface area contributed by atoms with Crippen LogP contribution in [0.5, 0.6) is 5.75 Å². The number of halogens is 2. The molecule has 4 rings (SSSR count). The average molecular weight is 545 g/mol. The van der Waals surface area contributed by atoms with E-state index in [1.165, 1.54) is 12.0 Å². The standard InChI is InChI=1S/C24H19Br2NO4/c1-31-22-9-5-3-7-17(22)21(28)13-24(30)18-12-16(25)10-11-20(18)27(23(24)29)14-15-6-2-4-8-19(15)26/h2-12,30H,13-14H2,1H3. The van der Waals surface area contributed by atoms with Crippen molar-refractivity contribution < 1.29 is 19.4 Å². The molecule has 1 amide bonds. The van der Waals surface area contributed by atoms with Gasteiger partial charge in [0, 0.05) is 14.5 Å². The lowest BCUT2D eigenvalue weighted by Crippen LogP contribution is -2.41. The van der Waals surface area contributed by atoms with Crippen LogP contribution < -0.4 is 9.64 Å². The minimum absolute atomic E-state index is 0.264. The van der Waals surface area contributed by atoms with Gasteiger partial charge in [0.05, 0.1) is 31.3 Å². The van der Waals surface area contributed by atoms with E-state index in [9.17, 15) is 14.7 Å². The number of hydrogen-bond donors (Lipinski definition) is 1. The first-order valence-electron chi connectivity index (χ1n) is 9.59. The second-order valence-electron chi connectivity index (χ2n) is 7.30. The molecule has 1 atom stereocenters. The summed E-state index contributed by atoms with van der Waals surface area (Å²) in [5.74, 6) is -0.498. The van der Waals surface area contributed by atoms with Gasteiger partial charge in [-0.2, -0.15) is 0 Å². The summed E-state index contributed by atoms with van der Waals surface area (Å²) in [6.07, 6.45) is -0.387. The SMILES string of the molecule is COc1ccccc1C(=O)CC1(O)C(=O)N(Cc2ccccc2Br)c2ccc(Br)cc21. The topological polar surface area (TPSA) is 66.8 Å². The number of nitrogens with zero attached hydrogens (tertiary/aromatic N) is 1. The van der Waals surface area contributed by atoms with Crippen LogP contribution in [0.4, 0.5) is 5.69 Å². The Balaban J connectivity index is 1.74. The van der Waals surface area contributed by atoms with E-state index in [2.05, 4.69) is 31.9 Å². The number of aliphatic hydroxyl groups is 1. The van der Waals surface area contributed by atoms with Crippen LogP contribution in [0.3, 0.4) is 0 Å². The molecule has 31 heavy (non-hydrogen) atoms. The normalized spacial score (nSPS) is 17.5. The fourth-order valence-electron chi connectivity index (χ4n) is 3.85. The highest BCUT2D eigenvalue weighted by Crippen LogP contribution is 2.45. The van der Waals surface area contributed by atoms with Gasteiger partial charge >= 0.3 is 0 Å². The molecule has 1 unspecified atom stereocenters. The lowest BCUT2D eigenvalue weighted by molar-refractivity contribution is -0.136. The van der Waals surface area contributed by atoms with Crippen molar-refractivity contribution in [1.29, 1.82) is 0 Å². The Kier molecular flexibility index (Phi) is 6.01. The molecule has 0 spiro atoms. The summed E-state index contributed by atoms with van der Waals surface area (Å²) >= 11 is 6.93. The third kappa shape index (κ3) is 3.93. The number of rotatable bonds is 6. The van der Waals surface area contributed by atoms with Gasteiger partial charge in [0.2, 0.25) is 0 Å². The highest BCUT2D eigenvalue weighted by molar-refractivity contribution is 9.10. The lowest BCUT2D eigenvalue weighted by Gasteiger charge is -2.23. The highest BCUT2D eigenvalue weighted by Gasteiger charge is 2.51. The second kappa shape index (κ2) is 8.57. The zero-order valence-corrected chi connectivity index (χ0v) is 19.8. The van der Waals surface area contributed by atoms with Crippen molar-refractivity contribution in [2.45, 2.75) is 18.6 Å². The molecule has 0 bridgehead atoms. The first-order chi connectivity index (χ1) is 14.8. The molecule has 1 aliphatic heterocycles. The summed E-state index contributed by atoms with van der Waals surface area (Å²) in [4.78, 5) is 28.1. The van der Waals surface area contributed by atoms with Crippen LogP contribution in [0.1, 0.15) is 27.9 Å². The molecule has 1 heterocycles. The molecule has 5 nitrogen and oxygen atoms in total. The molecule has 0 saturated heterocycles. The molecule has 1 N–H and O–H groups in total. The van der Waals surface area contributed by atoms with Gasteiger partial charge in [0.1, 0.15) is 5.75 Å². The second-order valence-corrected chi connectivity index (χ2v) is 9.07. The summed E-state index contributed by atoms with van der Waals surface area (Å²) in [5, 5.41) is 11.6. The maximum Gasteiger partial charge on any atom is 0.264 e. The summed E-state index contributed by atoms with van der Waals surface area (Å²) in [7, 11) is 1.48. The third-order valence-corrected chi connectivity index (χ3v) is 6.67. The van der Waals surface area contributed by atoms with Crippen LogP contribution in [0.15, 0.2) is 75.7 Å². The number of anilines is 1. The van der Waals surface area contributed by atoms with Crippen LogP contribution in [-0.4, -0.2) is 23.9 Å². The van der Waals surface area contributed by atoms with Gasteiger partial charge in [-0.1, -0.05) is 62.2 Å². The number of methoxy groups -OCH3 is 1. The average Bonchev–Trinajstić information content (AvgIpc) is 2.96. The van der Waals surface area contributed by atoms with Crippen LogP contribution in [0.25, 0.3) is 0 Å². The Morgan fingerprint density at radius 1 is 1.06 bits per heavy atom. The number of Topliss-reactive ketones (excluding diaryl/α,β-unsaturated/α-hetero) is 1. The van der Waals surface area contributed by atoms with Crippen molar-refractivity contribution in [2.24, 2.45) is 0 Å². The Hall–Kier alpha value is -2.48.